The fraction of sp³-hybridized carbons (Fsp3) is 0.318. The summed E-state index contributed by atoms with van der Waals surface area (Å²) in [5, 5.41) is 20.8. The minimum atomic E-state index is -0.770. The number of carbonyl (C=O) groups is 2. The zero-order valence-electron chi connectivity index (χ0n) is 16.3. The van der Waals surface area contributed by atoms with E-state index < -0.39 is 18.0 Å². The number of aromatic nitrogens is 2. The van der Waals surface area contributed by atoms with Crippen LogP contribution in [0.4, 0.5) is 4.39 Å². The Morgan fingerprint density at radius 2 is 2.10 bits per heavy atom. The largest absolute Gasteiger partial charge is 0.391 e. The molecule has 1 fully saturated rings. The van der Waals surface area contributed by atoms with Crippen molar-refractivity contribution in [3.05, 3.63) is 65.6 Å². The highest BCUT2D eigenvalue weighted by Gasteiger charge is 2.38. The lowest BCUT2D eigenvalue weighted by Crippen LogP contribution is -2.46. The quantitative estimate of drug-likeness (QED) is 0.575. The van der Waals surface area contributed by atoms with Gasteiger partial charge in [-0.2, -0.15) is 5.10 Å². The lowest BCUT2D eigenvalue weighted by atomic mass is 10.1. The number of likely N-dealkylation sites (tertiary alicyclic amines) is 1. The summed E-state index contributed by atoms with van der Waals surface area (Å²) in [6, 6.07) is 11.2. The van der Waals surface area contributed by atoms with Gasteiger partial charge >= 0.3 is 0 Å². The number of benzene rings is 2. The van der Waals surface area contributed by atoms with E-state index >= 15 is 0 Å². The van der Waals surface area contributed by atoms with Crippen molar-refractivity contribution in [1.82, 2.24) is 20.4 Å². The van der Waals surface area contributed by atoms with E-state index in [1.54, 1.807) is 24.4 Å². The topological polar surface area (TPSA) is 98.3 Å². The molecule has 2 amide bonds. The Bertz CT molecular complexity index is 1070. The van der Waals surface area contributed by atoms with Crippen molar-refractivity contribution in [3.63, 3.8) is 0 Å². The van der Waals surface area contributed by atoms with Gasteiger partial charge in [0.15, 0.2) is 0 Å². The van der Waals surface area contributed by atoms with E-state index in [9.17, 15) is 19.1 Å². The van der Waals surface area contributed by atoms with Gasteiger partial charge in [0.05, 0.1) is 24.2 Å². The van der Waals surface area contributed by atoms with Gasteiger partial charge in [-0.15, -0.1) is 0 Å². The average molecular weight is 410 g/mol. The molecule has 156 valence electrons. The molecule has 0 radical (unpaired) electrons. The lowest BCUT2D eigenvalue weighted by Gasteiger charge is -2.24. The van der Waals surface area contributed by atoms with Crippen LogP contribution in [0, 0.1) is 5.82 Å². The van der Waals surface area contributed by atoms with Gasteiger partial charge in [0.2, 0.25) is 11.8 Å². The molecule has 3 N–H and O–H groups in total. The second-order valence-corrected chi connectivity index (χ2v) is 7.55. The number of carbonyl (C=O) groups excluding carboxylic acids is 2. The molecule has 7 nitrogen and oxygen atoms in total. The zero-order chi connectivity index (χ0) is 21.1. The lowest BCUT2D eigenvalue weighted by molar-refractivity contribution is -0.138. The minimum absolute atomic E-state index is 0.0713. The summed E-state index contributed by atoms with van der Waals surface area (Å²) >= 11 is 0. The smallest absolute Gasteiger partial charge is 0.242 e. The van der Waals surface area contributed by atoms with Crippen molar-refractivity contribution in [2.75, 3.05) is 13.1 Å². The van der Waals surface area contributed by atoms with Crippen LogP contribution in [0.3, 0.4) is 0 Å². The predicted molar refractivity (Wildman–Crippen MR) is 109 cm³/mol. The molecule has 2 atom stereocenters. The number of hydrogen-bond donors (Lipinski definition) is 3. The maximum absolute atomic E-state index is 13.9. The summed E-state index contributed by atoms with van der Waals surface area (Å²) < 4.78 is 13.9. The number of rotatable bonds is 6. The molecule has 0 saturated carbocycles. The highest BCUT2D eigenvalue weighted by atomic mass is 19.1. The van der Waals surface area contributed by atoms with Crippen LogP contribution in [-0.2, 0) is 22.4 Å². The van der Waals surface area contributed by atoms with Gasteiger partial charge in [-0.05, 0) is 29.7 Å². The highest BCUT2D eigenvalue weighted by molar-refractivity contribution is 5.89. The number of fused-ring (bicyclic) bond motifs is 1. The van der Waals surface area contributed by atoms with E-state index in [0.29, 0.717) is 13.0 Å². The van der Waals surface area contributed by atoms with Crippen LogP contribution < -0.4 is 5.32 Å². The summed E-state index contributed by atoms with van der Waals surface area (Å²) in [6.45, 7) is 0.474. The average Bonchev–Trinajstić information content (AvgIpc) is 3.35. The van der Waals surface area contributed by atoms with Gasteiger partial charge in [0.25, 0.3) is 0 Å². The number of aromatic amines is 1. The van der Waals surface area contributed by atoms with Gasteiger partial charge < -0.3 is 15.3 Å². The van der Waals surface area contributed by atoms with Crippen LogP contribution in [0.5, 0.6) is 0 Å². The first-order chi connectivity index (χ1) is 14.5. The van der Waals surface area contributed by atoms with E-state index in [1.807, 2.05) is 18.2 Å². The van der Waals surface area contributed by atoms with Crippen LogP contribution in [0.2, 0.25) is 0 Å². The number of β-amino-alcohol motifs (C(OH)–C–C–N with tert-alkyl or cyclic N) is 1. The molecule has 4 rings (SSSR count). The number of hydrogen-bond acceptors (Lipinski definition) is 4. The SMILES string of the molecule is O=C(NCCc1ccc2cn[nH]c2c1)C1CC(O)CN1C(=O)Cc1ccccc1F. The van der Waals surface area contributed by atoms with Crippen molar-refractivity contribution in [1.29, 1.82) is 0 Å². The number of nitrogens with zero attached hydrogens (tertiary/aromatic N) is 2. The number of amides is 2. The van der Waals surface area contributed by atoms with Gasteiger partial charge in [-0.3, -0.25) is 14.7 Å². The van der Waals surface area contributed by atoms with Crippen LogP contribution >= 0.6 is 0 Å². The molecule has 0 spiro atoms. The molecule has 0 aliphatic carbocycles. The number of aliphatic hydroxyl groups excluding tert-OH is 1. The highest BCUT2D eigenvalue weighted by Crippen LogP contribution is 2.20. The summed E-state index contributed by atoms with van der Waals surface area (Å²) in [5.41, 5.74) is 2.26. The Morgan fingerprint density at radius 1 is 1.27 bits per heavy atom. The molecular formula is C22H23FN4O3. The molecule has 1 aromatic heterocycles. The Balaban J connectivity index is 1.35. The second-order valence-electron chi connectivity index (χ2n) is 7.55. The van der Waals surface area contributed by atoms with E-state index in [0.717, 1.165) is 16.5 Å². The molecule has 3 aromatic rings. The first kappa shape index (κ1) is 20.0. The molecule has 1 aliphatic rings. The van der Waals surface area contributed by atoms with Gasteiger partial charge in [0.1, 0.15) is 11.9 Å². The molecule has 2 unspecified atom stereocenters. The van der Waals surface area contributed by atoms with Crippen LogP contribution in [0.25, 0.3) is 10.9 Å². The molecule has 1 saturated heterocycles. The molecule has 2 heterocycles. The summed E-state index contributed by atoms with van der Waals surface area (Å²) in [6.07, 6.45) is 1.63. The number of nitrogens with one attached hydrogen (secondary N) is 2. The Hall–Kier alpha value is -3.26. The summed E-state index contributed by atoms with van der Waals surface area (Å²) in [5.74, 6) is -1.14. The van der Waals surface area contributed by atoms with E-state index in [2.05, 4.69) is 15.5 Å². The first-order valence-electron chi connectivity index (χ1n) is 9.92. The first-order valence-corrected chi connectivity index (χ1v) is 9.92. The third-order valence-corrected chi connectivity index (χ3v) is 5.42. The van der Waals surface area contributed by atoms with Crippen molar-refractivity contribution in [2.45, 2.75) is 31.4 Å². The predicted octanol–water partition coefficient (Wildman–Crippen LogP) is 1.57. The van der Waals surface area contributed by atoms with Gasteiger partial charge in [-0.1, -0.05) is 30.3 Å². The Kier molecular flexibility index (Phi) is 5.76. The van der Waals surface area contributed by atoms with E-state index in [1.165, 1.54) is 11.0 Å². The van der Waals surface area contributed by atoms with Crippen molar-refractivity contribution >= 4 is 22.7 Å². The molecule has 30 heavy (non-hydrogen) atoms. The second kappa shape index (κ2) is 8.62. The number of aliphatic hydroxyl groups is 1. The number of H-pyrrole nitrogens is 1. The maximum atomic E-state index is 13.9. The fourth-order valence-electron chi connectivity index (χ4n) is 3.83. The Labute approximate surface area is 172 Å². The van der Waals surface area contributed by atoms with Crippen LogP contribution in [0.15, 0.2) is 48.7 Å². The van der Waals surface area contributed by atoms with Crippen LogP contribution in [-0.4, -0.2) is 57.3 Å². The van der Waals surface area contributed by atoms with E-state index in [4.69, 9.17) is 0 Å². The van der Waals surface area contributed by atoms with Crippen LogP contribution in [0.1, 0.15) is 17.5 Å². The van der Waals surface area contributed by atoms with Gasteiger partial charge in [0, 0.05) is 24.9 Å². The monoisotopic (exact) mass is 410 g/mol. The van der Waals surface area contributed by atoms with Crippen molar-refractivity contribution in [2.24, 2.45) is 0 Å². The van der Waals surface area contributed by atoms with Crippen molar-refractivity contribution < 1.29 is 19.1 Å². The van der Waals surface area contributed by atoms with E-state index in [-0.39, 0.29) is 36.8 Å². The standard InChI is InChI=1S/C22H23FN4O3/c23-18-4-2-1-3-15(18)10-21(29)27-13-17(28)11-20(27)22(30)24-8-7-14-5-6-16-12-25-26-19(16)9-14/h1-6,9,12,17,20,28H,7-8,10-11,13H2,(H,24,30)(H,25,26). The normalized spacial score (nSPS) is 18.7. The minimum Gasteiger partial charge on any atom is -0.391 e. The number of halogens is 1. The molecule has 1 aliphatic heterocycles. The zero-order valence-corrected chi connectivity index (χ0v) is 16.3. The molecule has 0 bridgehead atoms. The molecule has 8 heteroatoms. The fourth-order valence-corrected chi connectivity index (χ4v) is 3.83. The van der Waals surface area contributed by atoms with Crippen molar-refractivity contribution in [3.8, 4) is 0 Å². The summed E-state index contributed by atoms with van der Waals surface area (Å²) in [7, 11) is 0. The molecular weight excluding hydrogens is 387 g/mol. The third-order valence-electron chi connectivity index (χ3n) is 5.42. The van der Waals surface area contributed by atoms with Gasteiger partial charge in [-0.25, -0.2) is 4.39 Å². The Morgan fingerprint density at radius 3 is 2.93 bits per heavy atom. The molecule has 2 aromatic carbocycles. The third kappa shape index (κ3) is 4.33. The maximum Gasteiger partial charge on any atom is 0.242 e. The summed E-state index contributed by atoms with van der Waals surface area (Å²) in [4.78, 5) is 26.7.